The van der Waals surface area contributed by atoms with Crippen LogP contribution in [0.2, 0.25) is 0 Å². The summed E-state index contributed by atoms with van der Waals surface area (Å²) in [5.41, 5.74) is 0. The number of fused-ring (bicyclic) bond motifs is 1. The first-order valence-electron chi connectivity index (χ1n) is 6.09. The van der Waals surface area contributed by atoms with Gasteiger partial charge >= 0.3 is 0 Å². The number of ether oxygens (including phenoxy) is 1. The molecule has 0 bridgehead atoms. The third-order valence-corrected chi connectivity index (χ3v) is 3.62. The van der Waals surface area contributed by atoms with Crippen LogP contribution >= 0.6 is 0 Å². The smallest absolute Gasteiger partial charge is 0.127 e. The minimum absolute atomic E-state index is 0.213. The zero-order valence-corrected chi connectivity index (χ0v) is 9.82. The molecule has 1 aliphatic rings. The predicted molar refractivity (Wildman–Crippen MR) is 66.7 cm³/mol. The lowest BCUT2D eigenvalue weighted by Crippen LogP contribution is -2.34. The van der Waals surface area contributed by atoms with E-state index in [1.54, 1.807) is 12.1 Å². The lowest BCUT2D eigenvalue weighted by atomic mass is 9.83. The predicted octanol–water partition coefficient (Wildman–Crippen LogP) is 4.16. The molecule has 2 atom stereocenters. The SMILES string of the molecule is C[C@@H]1CC[C@H]1Oc1cccc2ccc(F)cc12. The van der Waals surface area contributed by atoms with E-state index in [4.69, 9.17) is 4.74 Å². The average molecular weight is 230 g/mol. The minimum atomic E-state index is -0.213. The molecular formula is C15H15FO. The van der Waals surface area contributed by atoms with Crippen molar-refractivity contribution in [1.29, 1.82) is 0 Å². The van der Waals surface area contributed by atoms with Crippen LogP contribution in [0.15, 0.2) is 36.4 Å². The topological polar surface area (TPSA) is 9.23 Å². The Morgan fingerprint density at radius 3 is 2.76 bits per heavy atom. The Hall–Kier alpha value is -1.57. The van der Waals surface area contributed by atoms with Crippen molar-refractivity contribution in [3.8, 4) is 5.75 Å². The summed E-state index contributed by atoms with van der Waals surface area (Å²) in [5, 5.41) is 1.89. The standard InChI is InChI=1S/C15H15FO/c1-10-5-8-14(10)17-15-4-2-3-11-6-7-12(16)9-13(11)15/h2-4,6-7,9-10,14H,5,8H2,1H3/t10-,14-/m1/s1. The number of rotatable bonds is 2. The molecule has 0 amide bonds. The van der Waals surface area contributed by atoms with Gasteiger partial charge in [0, 0.05) is 5.39 Å². The molecule has 0 aromatic heterocycles. The van der Waals surface area contributed by atoms with Crippen molar-refractivity contribution in [2.24, 2.45) is 5.92 Å². The molecule has 2 aromatic carbocycles. The fourth-order valence-electron chi connectivity index (χ4n) is 2.29. The molecule has 0 unspecified atom stereocenters. The van der Waals surface area contributed by atoms with Crippen molar-refractivity contribution in [2.75, 3.05) is 0 Å². The molecule has 2 aromatic rings. The highest BCUT2D eigenvalue weighted by molar-refractivity contribution is 5.88. The Morgan fingerprint density at radius 1 is 1.18 bits per heavy atom. The Bertz CT molecular complexity index is 550. The van der Waals surface area contributed by atoms with Crippen molar-refractivity contribution < 1.29 is 9.13 Å². The van der Waals surface area contributed by atoms with Gasteiger partial charge in [-0.25, -0.2) is 4.39 Å². The molecule has 0 radical (unpaired) electrons. The Kier molecular flexibility index (Phi) is 2.50. The molecule has 0 saturated heterocycles. The monoisotopic (exact) mass is 230 g/mol. The maximum atomic E-state index is 13.3. The summed E-state index contributed by atoms with van der Waals surface area (Å²) >= 11 is 0. The second-order valence-electron chi connectivity index (χ2n) is 4.83. The fraction of sp³-hybridized carbons (Fsp3) is 0.333. The van der Waals surface area contributed by atoms with Crippen LogP contribution in [0.5, 0.6) is 5.75 Å². The van der Waals surface area contributed by atoms with E-state index in [1.165, 1.54) is 12.5 Å². The second-order valence-corrected chi connectivity index (χ2v) is 4.83. The molecule has 3 rings (SSSR count). The molecule has 0 heterocycles. The minimum Gasteiger partial charge on any atom is -0.490 e. The zero-order valence-electron chi connectivity index (χ0n) is 9.82. The summed E-state index contributed by atoms with van der Waals surface area (Å²) < 4.78 is 19.2. The first kappa shape index (κ1) is 10.6. The quantitative estimate of drug-likeness (QED) is 0.752. The van der Waals surface area contributed by atoms with Gasteiger partial charge in [0.05, 0.1) is 0 Å². The van der Waals surface area contributed by atoms with Crippen LogP contribution in [0.4, 0.5) is 4.39 Å². The molecule has 88 valence electrons. The molecular weight excluding hydrogens is 215 g/mol. The Balaban J connectivity index is 2.00. The van der Waals surface area contributed by atoms with E-state index in [-0.39, 0.29) is 5.82 Å². The van der Waals surface area contributed by atoms with Crippen molar-refractivity contribution in [1.82, 2.24) is 0 Å². The normalized spacial score (nSPS) is 23.4. The van der Waals surface area contributed by atoms with E-state index in [2.05, 4.69) is 6.92 Å². The summed E-state index contributed by atoms with van der Waals surface area (Å²) in [6.45, 7) is 2.19. The van der Waals surface area contributed by atoms with Gasteiger partial charge in [0.2, 0.25) is 0 Å². The number of hydrogen-bond donors (Lipinski definition) is 0. The van der Waals surface area contributed by atoms with Crippen LogP contribution in [-0.2, 0) is 0 Å². The highest BCUT2D eigenvalue weighted by atomic mass is 19.1. The van der Waals surface area contributed by atoms with Crippen molar-refractivity contribution in [3.05, 3.63) is 42.2 Å². The fourth-order valence-corrected chi connectivity index (χ4v) is 2.29. The second kappa shape index (κ2) is 4.02. The molecule has 1 fully saturated rings. The molecule has 2 heteroatoms. The first-order chi connectivity index (χ1) is 8.24. The summed E-state index contributed by atoms with van der Waals surface area (Å²) in [6.07, 6.45) is 2.63. The average Bonchev–Trinajstić information content (AvgIpc) is 2.34. The van der Waals surface area contributed by atoms with Gasteiger partial charge in [0.15, 0.2) is 0 Å². The van der Waals surface area contributed by atoms with Gasteiger partial charge in [-0.05, 0) is 42.3 Å². The highest BCUT2D eigenvalue weighted by Crippen LogP contribution is 2.34. The molecule has 0 aliphatic heterocycles. The van der Waals surface area contributed by atoms with E-state index < -0.39 is 0 Å². The third kappa shape index (κ3) is 1.88. The Morgan fingerprint density at radius 2 is 2.06 bits per heavy atom. The molecule has 17 heavy (non-hydrogen) atoms. The van der Waals surface area contributed by atoms with Gasteiger partial charge < -0.3 is 4.74 Å². The van der Waals surface area contributed by atoms with Crippen molar-refractivity contribution in [2.45, 2.75) is 25.9 Å². The third-order valence-electron chi connectivity index (χ3n) is 3.62. The summed E-state index contributed by atoms with van der Waals surface area (Å²) in [7, 11) is 0. The first-order valence-corrected chi connectivity index (χ1v) is 6.09. The van der Waals surface area contributed by atoms with Crippen LogP contribution in [0.3, 0.4) is 0 Å². The number of halogens is 1. The van der Waals surface area contributed by atoms with Gasteiger partial charge in [-0.1, -0.05) is 25.1 Å². The van der Waals surface area contributed by atoms with Crippen LogP contribution < -0.4 is 4.74 Å². The zero-order chi connectivity index (χ0) is 11.8. The van der Waals surface area contributed by atoms with E-state index >= 15 is 0 Å². The van der Waals surface area contributed by atoms with Crippen molar-refractivity contribution >= 4 is 10.8 Å². The molecule has 1 saturated carbocycles. The van der Waals surface area contributed by atoms with E-state index in [1.807, 2.05) is 18.2 Å². The van der Waals surface area contributed by atoms with Crippen LogP contribution in [0, 0.1) is 11.7 Å². The van der Waals surface area contributed by atoms with Crippen LogP contribution in [0.1, 0.15) is 19.8 Å². The molecule has 1 aliphatic carbocycles. The molecule has 1 nitrogen and oxygen atoms in total. The van der Waals surface area contributed by atoms with E-state index in [0.29, 0.717) is 12.0 Å². The summed E-state index contributed by atoms with van der Waals surface area (Å²) in [6, 6.07) is 10.7. The van der Waals surface area contributed by atoms with Crippen molar-refractivity contribution in [3.63, 3.8) is 0 Å². The summed E-state index contributed by atoms with van der Waals surface area (Å²) in [4.78, 5) is 0. The summed E-state index contributed by atoms with van der Waals surface area (Å²) in [5.74, 6) is 1.20. The van der Waals surface area contributed by atoms with Crippen LogP contribution in [-0.4, -0.2) is 6.10 Å². The lowest BCUT2D eigenvalue weighted by molar-refractivity contribution is 0.0591. The van der Waals surface area contributed by atoms with Gasteiger partial charge in [0.1, 0.15) is 17.7 Å². The number of hydrogen-bond acceptors (Lipinski definition) is 1. The lowest BCUT2D eigenvalue weighted by Gasteiger charge is -2.34. The van der Waals surface area contributed by atoms with E-state index in [9.17, 15) is 4.39 Å². The molecule has 0 spiro atoms. The van der Waals surface area contributed by atoms with E-state index in [0.717, 1.165) is 22.9 Å². The van der Waals surface area contributed by atoms with Gasteiger partial charge in [0.25, 0.3) is 0 Å². The largest absolute Gasteiger partial charge is 0.490 e. The van der Waals surface area contributed by atoms with Gasteiger partial charge in [-0.2, -0.15) is 0 Å². The van der Waals surface area contributed by atoms with Gasteiger partial charge in [-0.15, -0.1) is 0 Å². The van der Waals surface area contributed by atoms with Crippen LogP contribution in [0.25, 0.3) is 10.8 Å². The maximum Gasteiger partial charge on any atom is 0.127 e. The number of benzene rings is 2. The maximum absolute atomic E-state index is 13.3. The molecule has 0 N–H and O–H groups in total. The Labute approximate surface area is 100 Å². The highest BCUT2D eigenvalue weighted by Gasteiger charge is 2.28. The van der Waals surface area contributed by atoms with Gasteiger partial charge in [-0.3, -0.25) is 0 Å².